The lowest BCUT2D eigenvalue weighted by Gasteiger charge is -1.94. The average molecular weight is 151 g/mol. The zero-order valence-electron chi connectivity index (χ0n) is 7.55. The molecule has 0 aliphatic carbocycles. The zero-order valence-corrected chi connectivity index (χ0v) is 7.55. The highest BCUT2D eigenvalue weighted by Gasteiger charge is 1.85. The number of unbranched alkanes of at least 4 members (excludes halogenated alkanes) is 5. The van der Waals surface area contributed by atoms with E-state index in [4.69, 9.17) is 0 Å². The first-order chi connectivity index (χ1) is 5.41. The summed E-state index contributed by atoms with van der Waals surface area (Å²) >= 11 is 0. The van der Waals surface area contributed by atoms with E-state index < -0.39 is 0 Å². The van der Waals surface area contributed by atoms with Crippen LogP contribution in [-0.2, 0) is 0 Å². The van der Waals surface area contributed by atoms with Crippen molar-refractivity contribution in [2.75, 3.05) is 0 Å². The van der Waals surface area contributed by atoms with E-state index >= 15 is 0 Å². The zero-order chi connectivity index (χ0) is 8.36. The molecule has 0 nitrogen and oxygen atoms in total. The van der Waals surface area contributed by atoms with Crippen LogP contribution in [0.3, 0.4) is 0 Å². The Kier molecular flexibility index (Phi) is 9.03. The van der Waals surface area contributed by atoms with Gasteiger partial charge in [0.2, 0.25) is 0 Å². The lowest BCUT2D eigenvalue weighted by atomic mass is 10.1. The van der Waals surface area contributed by atoms with Crippen molar-refractivity contribution in [2.45, 2.75) is 39.0 Å². The van der Waals surface area contributed by atoms with Gasteiger partial charge in [-0.2, -0.15) is 0 Å². The molecule has 0 rings (SSSR count). The molecule has 0 spiro atoms. The molecule has 0 heteroatoms. The standard InChI is InChI=1S/C11H19/c1-3-5-7-9-11-10-8-6-4-2/h3-5,7H,1,6,8-11H2,2H3. The largest absolute Gasteiger partial charge is 0.0991 e. The second-order valence-electron chi connectivity index (χ2n) is 2.71. The fraction of sp³-hybridized carbons (Fsp3) is 0.545. The minimum Gasteiger partial charge on any atom is -0.0991 e. The van der Waals surface area contributed by atoms with E-state index in [2.05, 4.69) is 26.0 Å². The second-order valence-corrected chi connectivity index (χ2v) is 2.71. The molecule has 0 aliphatic heterocycles. The summed E-state index contributed by atoms with van der Waals surface area (Å²) in [7, 11) is 0. The van der Waals surface area contributed by atoms with Gasteiger partial charge >= 0.3 is 0 Å². The lowest BCUT2D eigenvalue weighted by molar-refractivity contribution is 0.682. The Labute approximate surface area is 71.0 Å². The van der Waals surface area contributed by atoms with E-state index in [1.54, 1.807) is 0 Å². The van der Waals surface area contributed by atoms with Gasteiger partial charge in [0.25, 0.3) is 0 Å². The molecule has 0 atom stereocenters. The molecule has 11 heavy (non-hydrogen) atoms. The first kappa shape index (κ1) is 10.5. The van der Waals surface area contributed by atoms with Crippen molar-refractivity contribution in [1.29, 1.82) is 0 Å². The number of rotatable bonds is 7. The van der Waals surface area contributed by atoms with Crippen molar-refractivity contribution in [3.63, 3.8) is 0 Å². The molecule has 1 radical (unpaired) electrons. The molecule has 0 bridgehead atoms. The SMILES string of the molecule is C=CC=CCCCCC[CH]C. The minimum atomic E-state index is 1.20. The van der Waals surface area contributed by atoms with E-state index in [0.29, 0.717) is 0 Å². The predicted octanol–water partition coefficient (Wildman–Crippen LogP) is 3.90. The van der Waals surface area contributed by atoms with Crippen LogP contribution in [0.5, 0.6) is 0 Å². The van der Waals surface area contributed by atoms with Gasteiger partial charge in [0.05, 0.1) is 0 Å². The molecule has 0 aliphatic rings. The van der Waals surface area contributed by atoms with Crippen LogP contribution >= 0.6 is 0 Å². The highest BCUT2D eigenvalue weighted by Crippen LogP contribution is 2.04. The lowest BCUT2D eigenvalue weighted by Crippen LogP contribution is -1.75. The van der Waals surface area contributed by atoms with Crippen molar-refractivity contribution < 1.29 is 0 Å². The molecule has 0 heterocycles. The first-order valence-electron chi connectivity index (χ1n) is 4.47. The molecule has 0 unspecified atom stereocenters. The van der Waals surface area contributed by atoms with Crippen LogP contribution in [0.2, 0.25) is 0 Å². The third-order valence-electron chi connectivity index (χ3n) is 1.64. The molecule has 0 amide bonds. The fourth-order valence-corrected chi connectivity index (χ4v) is 0.980. The Morgan fingerprint density at radius 2 is 1.82 bits per heavy atom. The van der Waals surface area contributed by atoms with E-state index in [1.807, 2.05) is 12.2 Å². The van der Waals surface area contributed by atoms with Crippen LogP contribution in [0.15, 0.2) is 24.8 Å². The van der Waals surface area contributed by atoms with Crippen molar-refractivity contribution in [2.24, 2.45) is 0 Å². The summed E-state index contributed by atoms with van der Waals surface area (Å²) in [6, 6.07) is 0. The van der Waals surface area contributed by atoms with E-state index in [-0.39, 0.29) is 0 Å². The molecule has 0 aromatic heterocycles. The second kappa shape index (κ2) is 9.48. The molecule has 0 aromatic rings. The van der Waals surface area contributed by atoms with Gasteiger partial charge in [-0.25, -0.2) is 0 Å². The van der Waals surface area contributed by atoms with Crippen LogP contribution in [-0.4, -0.2) is 0 Å². The van der Waals surface area contributed by atoms with Gasteiger partial charge in [-0.3, -0.25) is 0 Å². The molecule has 0 fully saturated rings. The smallest absolute Gasteiger partial charge is 0.0348 e. The van der Waals surface area contributed by atoms with E-state index in [0.717, 1.165) is 0 Å². The van der Waals surface area contributed by atoms with Crippen LogP contribution in [0.1, 0.15) is 39.0 Å². The minimum absolute atomic E-state index is 1.20. The summed E-state index contributed by atoms with van der Waals surface area (Å²) < 4.78 is 0. The Hall–Kier alpha value is -0.520. The quantitative estimate of drug-likeness (QED) is 0.382. The summed E-state index contributed by atoms with van der Waals surface area (Å²) in [5.41, 5.74) is 0. The first-order valence-corrected chi connectivity index (χ1v) is 4.47. The van der Waals surface area contributed by atoms with Gasteiger partial charge in [0, 0.05) is 0 Å². The molecule has 0 N–H and O–H groups in total. The maximum atomic E-state index is 3.62. The predicted molar refractivity (Wildman–Crippen MR) is 52.4 cm³/mol. The van der Waals surface area contributed by atoms with Gasteiger partial charge in [-0.15, -0.1) is 0 Å². The van der Waals surface area contributed by atoms with Crippen LogP contribution in [0.25, 0.3) is 0 Å². The number of allylic oxidation sites excluding steroid dienone is 3. The van der Waals surface area contributed by atoms with Gasteiger partial charge in [0.1, 0.15) is 0 Å². The molecule has 0 saturated carbocycles. The van der Waals surface area contributed by atoms with E-state index in [9.17, 15) is 0 Å². The van der Waals surface area contributed by atoms with Crippen molar-refractivity contribution in [1.82, 2.24) is 0 Å². The molecule has 63 valence electrons. The Morgan fingerprint density at radius 3 is 2.45 bits per heavy atom. The van der Waals surface area contributed by atoms with Gasteiger partial charge in [0.15, 0.2) is 0 Å². The molecular weight excluding hydrogens is 132 g/mol. The van der Waals surface area contributed by atoms with Crippen LogP contribution in [0.4, 0.5) is 0 Å². The van der Waals surface area contributed by atoms with Crippen LogP contribution < -0.4 is 0 Å². The van der Waals surface area contributed by atoms with Gasteiger partial charge in [-0.1, -0.05) is 51.0 Å². The highest BCUT2D eigenvalue weighted by molar-refractivity contribution is 4.96. The third kappa shape index (κ3) is 9.48. The summed E-state index contributed by atoms with van der Waals surface area (Å²) in [6.45, 7) is 5.74. The summed E-state index contributed by atoms with van der Waals surface area (Å²) in [4.78, 5) is 0. The maximum Gasteiger partial charge on any atom is -0.0348 e. The van der Waals surface area contributed by atoms with Gasteiger partial charge < -0.3 is 0 Å². The van der Waals surface area contributed by atoms with E-state index in [1.165, 1.54) is 32.1 Å². The van der Waals surface area contributed by atoms with Crippen molar-refractivity contribution >= 4 is 0 Å². The van der Waals surface area contributed by atoms with Crippen LogP contribution in [0, 0.1) is 6.42 Å². The molecule has 0 saturated heterocycles. The van der Waals surface area contributed by atoms with Crippen molar-refractivity contribution in [3.8, 4) is 0 Å². The average Bonchev–Trinajstić information content (AvgIpc) is 2.03. The monoisotopic (exact) mass is 151 g/mol. The normalized spacial score (nSPS) is 10.6. The highest BCUT2D eigenvalue weighted by atomic mass is 13.9. The molecule has 0 aromatic carbocycles. The topological polar surface area (TPSA) is 0 Å². The Morgan fingerprint density at radius 1 is 1.09 bits per heavy atom. The fourth-order valence-electron chi connectivity index (χ4n) is 0.980. The Balaban J connectivity index is 2.90. The summed E-state index contributed by atoms with van der Waals surface area (Å²) in [5, 5.41) is 0. The summed E-state index contributed by atoms with van der Waals surface area (Å²) in [5.74, 6) is 0. The van der Waals surface area contributed by atoms with Gasteiger partial charge in [-0.05, 0) is 19.3 Å². The Bertz CT molecular complexity index is 101. The maximum absolute atomic E-state index is 3.62. The number of hydrogen-bond acceptors (Lipinski definition) is 0. The van der Waals surface area contributed by atoms with Crippen molar-refractivity contribution in [3.05, 3.63) is 31.2 Å². The molecular formula is C11H19. The third-order valence-corrected chi connectivity index (χ3v) is 1.64. The number of hydrogen-bond donors (Lipinski definition) is 0. The summed E-state index contributed by atoms with van der Waals surface area (Å²) in [6.07, 6.45) is 14.8.